The molecule has 4 nitrogen and oxygen atoms in total. The molecule has 29 heavy (non-hydrogen) atoms. The van der Waals surface area contributed by atoms with E-state index in [2.05, 4.69) is 17.0 Å². The number of carbonyl (C=O) groups is 1. The van der Waals surface area contributed by atoms with Crippen LogP contribution < -0.4 is 0 Å². The number of hydrogen-bond donors (Lipinski definition) is 1. The first-order valence-corrected chi connectivity index (χ1v) is 10.6. The second-order valence-electron chi connectivity index (χ2n) is 8.25. The Hall–Kier alpha value is -2.24. The summed E-state index contributed by atoms with van der Waals surface area (Å²) in [4.78, 5) is 17.2. The van der Waals surface area contributed by atoms with E-state index in [1.807, 2.05) is 30.0 Å². The molecule has 1 N–H and O–H groups in total. The van der Waals surface area contributed by atoms with Gasteiger partial charge in [0.25, 0.3) is 5.91 Å². The number of likely N-dealkylation sites (tertiary alicyclic amines) is 1. The highest BCUT2D eigenvalue weighted by Gasteiger charge is 2.50. The molecule has 0 bridgehead atoms. The van der Waals surface area contributed by atoms with Gasteiger partial charge in [-0.05, 0) is 49.4 Å². The average Bonchev–Trinajstić information content (AvgIpc) is 3.56. The number of hydrogen-bond acceptors (Lipinski definition) is 3. The number of aliphatic hydroxyl groups is 1. The van der Waals surface area contributed by atoms with Gasteiger partial charge < -0.3 is 10.0 Å². The fourth-order valence-electron chi connectivity index (χ4n) is 4.62. The zero-order chi connectivity index (χ0) is 20.4. The summed E-state index contributed by atoms with van der Waals surface area (Å²) < 4.78 is 13.6. The smallest absolute Gasteiger partial charge is 0.254 e. The van der Waals surface area contributed by atoms with Gasteiger partial charge in [-0.2, -0.15) is 0 Å². The Morgan fingerprint density at radius 3 is 2.52 bits per heavy atom. The lowest BCUT2D eigenvalue weighted by Crippen LogP contribution is -2.67. The first-order chi connectivity index (χ1) is 14.1. The number of nitrogens with zero attached hydrogens (tertiary/aromatic N) is 2. The maximum absolute atomic E-state index is 13.6. The summed E-state index contributed by atoms with van der Waals surface area (Å²) in [5.74, 6) is 0.359. The van der Waals surface area contributed by atoms with Gasteiger partial charge in [0.1, 0.15) is 5.82 Å². The monoisotopic (exact) mass is 396 g/mol. The Balaban J connectivity index is 1.57. The molecule has 154 valence electrons. The second kappa shape index (κ2) is 8.64. The molecule has 2 fully saturated rings. The molecular weight excluding hydrogens is 367 g/mol. The van der Waals surface area contributed by atoms with Crippen LogP contribution in [0.25, 0.3) is 0 Å². The summed E-state index contributed by atoms with van der Waals surface area (Å²) in [5.41, 5.74) is 1.59. The van der Waals surface area contributed by atoms with Crippen LogP contribution in [0.4, 0.5) is 4.39 Å². The van der Waals surface area contributed by atoms with Crippen molar-refractivity contribution >= 4 is 5.91 Å². The highest BCUT2D eigenvalue weighted by Crippen LogP contribution is 2.44. The van der Waals surface area contributed by atoms with Crippen molar-refractivity contribution in [1.29, 1.82) is 0 Å². The molecule has 1 heterocycles. The maximum atomic E-state index is 13.6. The van der Waals surface area contributed by atoms with Crippen LogP contribution in [0.2, 0.25) is 0 Å². The minimum atomic E-state index is -0.395. The number of rotatable bonds is 8. The molecule has 2 aliphatic rings. The molecule has 1 saturated heterocycles. The van der Waals surface area contributed by atoms with E-state index in [9.17, 15) is 14.3 Å². The number of likely N-dealkylation sites (N-methyl/N-ethyl adjacent to an activating group) is 1. The third kappa shape index (κ3) is 4.21. The summed E-state index contributed by atoms with van der Waals surface area (Å²) in [6.07, 6.45) is 2.49. The van der Waals surface area contributed by atoms with E-state index >= 15 is 0 Å². The normalized spacial score (nSPS) is 24.2. The average molecular weight is 397 g/mol. The Morgan fingerprint density at radius 2 is 1.90 bits per heavy atom. The predicted octanol–water partition coefficient (Wildman–Crippen LogP) is 3.53. The van der Waals surface area contributed by atoms with Crippen molar-refractivity contribution in [2.24, 2.45) is 5.92 Å². The molecule has 5 heteroatoms. The molecule has 3 atom stereocenters. The summed E-state index contributed by atoms with van der Waals surface area (Å²) >= 11 is 0. The van der Waals surface area contributed by atoms with Crippen LogP contribution >= 0.6 is 0 Å². The van der Waals surface area contributed by atoms with Gasteiger partial charge in [0, 0.05) is 43.2 Å². The van der Waals surface area contributed by atoms with Crippen LogP contribution in [-0.4, -0.2) is 59.1 Å². The van der Waals surface area contributed by atoms with Gasteiger partial charge in [-0.25, -0.2) is 4.39 Å². The van der Waals surface area contributed by atoms with Crippen LogP contribution in [0, 0.1) is 11.7 Å². The first-order valence-electron chi connectivity index (χ1n) is 10.6. The van der Waals surface area contributed by atoms with E-state index in [1.54, 1.807) is 12.1 Å². The molecule has 4 rings (SSSR count). The molecule has 0 aromatic heterocycles. The molecule has 1 aliphatic carbocycles. The lowest BCUT2D eigenvalue weighted by atomic mass is 9.74. The van der Waals surface area contributed by atoms with Gasteiger partial charge in [-0.3, -0.25) is 9.69 Å². The minimum absolute atomic E-state index is 0.0889. The van der Waals surface area contributed by atoms with Crippen molar-refractivity contribution in [1.82, 2.24) is 9.80 Å². The van der Waals surface area contributed by atoms with Crippen LogP contribution in [-0.2, 0) is 0 Å². The molecule has 2 aromatic rings. The van der Waals surface area contributed by atoms with E-state index in [0.29, 0.717) is 24.6 Å². The van der Waals surface area contributed by atoms with Crippen molar-refractivity contribution in [2.45, 2.75) is 37.8 Å². The summed E-state index contributed by atoms with van der Waals surface area (Å²) in [7, 11) is 0. The summed E-state index contributed by atoms with van der Waals surface area (Å²) in [5, 5.41) is 10.1. The maximum Gasteiger partial charge on any atom is 0.254 e. The van der Waals surface area contributed by atoms with E-state index in [4.69, 9.17) is 0 Å². The zero-order valence-corrected chi connectivity index (χ0v) is 16.9. The van der Waals surface area contributed by atoms with Gasteiger partial charge in [0.15, 0.2) is 0 Å². The molecule has 1 amide bonds. The molecular formula is C24H29FN2O2. The molecule has 1 saturated carbocycles. The molecule has 0 spiro atoms. The fourth-order valence-corrected chi connectivity index (χ4v) is 4.62. The summed E-state index contributed by atoms with van der Waals surface area (Å²) in [6.45, 7) is 4.20. The zero-order valence-electron chi connectivity index (χ0n) is 16.9. The standard InChI is InChI=1S/C24H29FN2O2/c1-2-26(24(29)19-9-6-10-20(25)13-19)15-21-23(18-7-4-3-5-8-18)22(16-28)27(21)14-17-11-12-17/h3-10,13,17,21-23,28H,2,11-12,14-16H2,1H3/t21-,22+,23-/m1/s1. The van der Waals surface area contributed by atoms with Crippen LogP contribution in [0.3, 0.4) is 0 Å². The van der Waals surface area contributed by atoms with E-state index < -0.39 is 5.82 Å². The summed E-state index contributed by atoms with van der Waals surface area (Å²) in [6, 6.07) is 16.4. The van der Waals surface area contributed by atoms with Gasteiger partial charge >= 0.3 is 0 Å². The fraction of sp³-hybridized carbons (Fsp3) is 0.458. The number of aliphatic hydroxyl groups excluding tert-OH is 1. The predicted molar refractivity (Wildman–Crippen MR) is 111 cm³/mol. The van der Waals surface area contributed by atoms with Crippen LogP contribution in [0.1, 0.15) is 41.6 Å². The molecule has 1 aliphatic heterocycles. The van der Waals surface area contributed by atoms with Crippen molar-refractivity contribution in [3.05, 3.63) is 71.5 Å². The topological polar surface area (TPSA) is 43.8 Å². The Kier molecular flexibility index (Phi) is 5.97. The lowest BCUT2D eigenvalue weighted by molar-refractivity contribution is -0.0561. The van der Waals surface area contributed by atoms with Crippen molar-refractivity contribution in [3.8, 4) is 0 Å². The third-order valence-corrected chi connectivity index (χ3v) is 6.37. The number of halogens is 1. The van der Waals surface area contributed by atoms with Gasteiger partial charge in [0.2, 0.25) is 0 Å². The van der Waals surface area contributed by atoms with E-state index in [1.165, 1.54) is 30.5 Å². The first kappa shape index (κ1) is 20.0. The molecule has 2 aromatic carbocycles. The van der Waals surface area contributed by atoms with Gasteiger partial charge in [-0.15, -0.1) is 0 Å². The highest BCUT2D eigenvalue weighted by molar-refractivity contribution is 5.94. The van der Waals surface area contributed by atoms with Crippen molar-refractivity contribution < 1.29 is 14.3 Å². The van der Waals surface area contributed by atoms with Crippen LogP contribution in [0.5, 0.6) is 0 Å². The van der Waals surface area contributed by atoms with Crippen LogP contribution in [0.15, 0.2) is 54.6 Å². The number of amides is 1. The highest BCUT2D eigenvalue weighted by atomic mass is 19.1. The Labute approximate surface area is 171 Å². The Bertz CT molecular complexity index is 840. The Morgan fingerprint density at radius 1 is 1.14 bits per heavy atom. The number of carbonyl (C=O) groups excluding carboxylic acids is 1. The minimum Gasteiger partial charge on any atom is -0.395 e. The molecule has 0 radical (unpaired) electrons. The van der Waals surface area contributed by atoms with Gasteiger partial charge in [0.05, 0.1) is 6.61 Å². The van der Waals surface area contributed by atoms with Crippen molar-refractivity contribution in [3.63, 3.8) is 0 Å². The van der Waals surface area contributed by atoms with E-state index in [0.717, 1.165) is 6.54 Å². The van der Waals surface area contributed by atoms with Crippen molar-refractivity contribution in [2.75, 3.05) is 26.2 Å². The SMILES string of the molecule is CCN(C[C@@H]1[C@@H](c2ccccc2)[C@H](CO)N1CC1CC1)C(=O)c1cccc(F)c1. The largest absolute Gasteiger partial charge is 0.395 e. The quantitative estimate of drug-likeness (QED) is 0.742. The second-order valence-corrected chi connectivity index (χ2v) is 8.25. The lowest BCUT2D eigenvalue weighted by Gasteiger charge is -2.56. The number of benzene rings is 2. The van der Waals surface area contributed by atoms with E-state index in [-0.39, 0.29) is 30.5 Å². The third-order valence-electron chi connectivity index (χ3n) is 6.37. The molecule has 0 unspecified atom stereocenters. The van der Waals surface area contributed by atoms with Gasteiger partial charge in [-0.1, -0.05) is 36.4 Å².